The molecule has 5 nitrogen and oxygen atoms in total. The van der Waals surface area contributed by atoms with Gasteiger partial charge in [0, 0.05) is 10.7 Å². The number of nitrogens with zero attached hydrogens (tertiary/aromatic N) is 3. The van der Waals surface area contributed by atoms with E-state index in [1.807, 2.05) is 37.3 Å². The number of benzene rings is 2. The number of carbonyl (C=O) groups excluding carboxylic acids is 1. The fourth-order valence-electron chi connectivity index (χ4n) is 2.82. The van der Waals surface area contributed by atoms with Crippen molar-refractivity contribution in [2.24, 2.45) is 0 Å². The van der Waals surface area contributed by atoms with Crippen LogP contribution in [0.4, 0.5) is 5.69 Å². The molecule has 0 saturated carbocycles. The lowest BCUT2D eigenvalue weighted by Gasteiger charge is -2.15. The van der Waals surface area contributed by atoms with Crippen molar-refractivity contribution >= 4 is 23.2 Å². The molecule has 0 aliphatic carbocycles. The Labute approximate surface area is 158 Å². The van der Waals surface area contributed by atoms with Crippen LogP contribution in [0.15, 0.2) is 42.5 Å². The standard InChI is InChI=1S/C20H21ClN4O/c1-12(2)17-10-5-7-13(3)18(17)22-20(26)19-14(4)23-25(24-19)16-9-6-8-15(21)11-16/h5-12H,1-4H3,(H,22,26). The van der Waals surface area contributed by atoms with Crippen LogP contribution in [0, 0.1) is 13.8 Å². The average Bonchev–Trinajstić information content (AvgIpc) is 2.98. The Kier molecular flexibility index (Phi) is 5.09. The highest BCUT2D eigenvalue weighted by molar-refractivity contribution is 6.30. The molecule has 2 aromatic carbocycles. The van der Waals surface area contributed by atoms with Gasteiger partial charge in [-0.2, -0.15) is 9.90 Å². The van der Waals surface area contributed by atoms with Gasteiger partial charge in [0.15, 0.2) is 5.69 Å². The summed E-state index contributed by atoms with van der Waals surface area (Å²) in [4.78, 5) is 14.2. The molecule has 0 atom stereocenters. The van der Waals surface area contributed by atoms with Crippen LogP contribution >= 0.6 is 11.6 Å². The van der Waals surface area contributed by atoms with E-state index in [2.05, 4.69) is 29.4 Å². The molecule has 0 spiro atoms. The first-order chi connectivity index (χ1) is 12.4. The number of anilines is 1. The van der Waals surface area contributed by atoms with Gasteiger partial charge < -0.3 is 5.32 Å². The van der Waals surface area contributed by atoms with Gasteiger partial charge in [0.2, 0.25) is 0 Å². The highest BCUT2D eigenvalue weighted by Gasteiger charge is 2.19. The van der Waals surface area contributed by atoms with Crippen molar-refractivity contribution in [2.75, 3.05) is 5.32 Å². The van der Waals surface area contributed by atoms with Gasteiger partial charge in [-0.05, 0) is 49.1 Å². The number of aromatic nitrogens is 3. The number of rotatable bonds is 4. The Hall–Kier alpha value is -2.66. The lowest BCUT2D eigenvalue weighted by molar-refractivity contribution is 0.102. The summed E-state index contributed by atoms with van der Waals surface area (Å²) in [5, 5.41) is 12.3. The molecule has 0 aliphatic heterocycles. The molecular formula is C20H21ClN4O. The van der Waals surface area contributed by atoms with E-state index in [0.29, 0.717) is 28.0 Å². The molecule has 0 saturated heterocycles. The van der Waals surface area contributed by atoms with Gasteiger partial charge in [-0.1, -0.05) is 49.7 Å². The molecule has 3 aromatic rings. The minimum atomic E-state index is -0.271. The SMILES string of the molecule is Cc1cccc(C(C)C)c1NC(=O)c1nn(-c2cccc(Cl)c2)nc1C. The Morgan fingerprint density at radius 1 is 1.12 bits per heavy atom. The molecular weight excluding hydrogens is 348 g/mol. The second-order valence-corrected chi connectivity index (χ2v) is 6.99. The molecule has 0 unspecified atom stereocenters. The zero-order valence-electron chi connectivity index (χ0n) is 15.2. The van der Waals surface area contributed by atoms with Crippen LogP contribution < -0.4 is 5.32 Å². The van der Waals surface area contributed by atoms with E-state index in [1.54, 1.807) is 19.1 Å². The first-order valence-electron chi connectivity index (χ1n) is 8.47. The Morgan fingerprint density at radius 3 is 2.54 bits per heavy atom. The number of carbonyl (C=O) groups is 1. The summed E-state index contributed by atoms with van der Waals surface area (Å²) >= 11 is 6.03. The predicted octanol–water partition coefficient (Wildman–Crippen LogP) is 4.91. The molecule has 0 aliphatic rings. The van der Waals surface area contributed by atoms with E-state index in [4.69, 9.17) is 11.6 Å². The number of amides is 1. The topological polar surface area (TPSA) is 59.8 Å². The number of nitrogens with one attached hydrogen (secondary N) is 1. The monoisotopic (exact) mass is 368 g/mol. The van der Waals surface area contributed by atoms with Crippen LogP contribution in [0.3, 0.4) is 0 Å². The molecule has 26 heavy (non-hydrogen) atoms. The minimum absolute atomic E-state index is 0.271. The van der Waals surface area contributed by atoms with Crippen molar-refractivity contribution in [3.05, 3.63) is 70.0 Å². The van der Waals surface area contributed by atoms with Crippen molar-refractivity contribution in [1.82, 2.24) is 15.0 Å². The Morgan fingerprint density at radius 2 is 1.85 bits per heavy atom. The number of para-hydroxylation sites is 1. The van der Waals surface area contributed by atoms with Gasteiger partial charge in [0.25, 0.3) is 5.91 Å². The van der Waals surface area contributed by atoms with E-state index in [-0.39, 0.29) is 5.91 Å². The second kappa shape index (κ2) is 7.30. The molecule has 0 radical (unpaired) electrons. The third kappa shape index (κ3) is 3.63. The van der Waals surface area contributed by atoms with Crippen molar-refractivity contribution in [3.63, 3.8) is 0 Å². The normalized spacial score (nSPS) is 11.0. The first-order valence-corrected chi connectivity index (χ1v) is 8.85. The third-order valence-electron chi connectivity index (χ3n) is 4.20. The maximum Gasteiger partial charge on any atom is 0.278 e. The quantitative estimate of drug-likeness (QED) is 0.711. The lowest BCUT2D eigenvalue weighted by atomic mass is 9.98. The summed E-state index contributed by atoms with van der Waals surface area (Å²) in [5.74, 6) is 0.0282. The predicted molar refractivity (Wildman–Crippen MR) is 104 cm³/mol. The van der Waals surface area contributed by atoms with Gasteiger partial charge in [-0.3, -0.25) is 4.79 Å². The van der Waals surface area contributed by atoms with Crippen LogP contribution in [0.25, 0.3) is 5.69 Å². The summed E-state index contributed by atoms with van der Waals surface area (Å²) in [6, 6.07) is 13.2. The molecule has 3 rings (SSSR count). The van der Waals surface area contributed by atoms with E-state index in [0.717, 1.165) is 16.8 Å². The van der Waals surface area contributed by atoms with Gasteiger partial charge in [-0.15, -0.1) is 5.10 Å². The highest BCUT2D eigenvalue weighted by Crippen LogP contribution is 2.28. The largest absolute Gasteiger partial charge is 0.320 e. The van der Waals surface area contributed by atoms with Crippen molar-refractivity contribution in [3.8, 4) is 5.69 Å². The van der Waals surface area contributed by atoms with Crippen LogP contribution in [0.2, 0.25) is 5.02 Å². The molecule has 0 bridgehead atoms. The average molecular weight is 369 g/mol. The summed E-state index contributed by atoms with van der Waals surface area (Å²) < 4.78 is 0. The van der Waals surface area contributed by atoms with Gasteiger partial charge in [-0.25, -0.2) is 0 Å². The van der Waals surface area contributed by atoms with Crippen molar-refractivity contribution in [1.29, 1.82) is 0 Å². The maximum atomic E-state index is 12.8. The molecule has 1 aromatic heterocycles. The highest BCUT2D eigenvalue weighted by atomic mass is 35.5. The van der Waals surface area contributed by atoms with Crippen LogP contribution in [-0.2, 0) is 0 Å². The van der Waals surface area contributed by atoms with E-state index >= 15 is 0 Å². The maximum absolute atomic E-state index is 12.8. The summed E-state index contributed by atoms with van der Waals surface area (Å²) in [6.07, 6.45) is 0. The fourth-order valence-corrected chi connectivity index (χ4v) is 3.00. The Bertz CT molecular complexity index is 962. The number of halogens is 1. The Balaban J connectivity index is 1.93. The van der Waals surface area contributed by atoms with Gasteiger partial charge in [0.1, 0.15) is 0 Å². The van der Waals surface area contributed by atoms with Gasteiger partial charge >= 0.3 is 0 Å². The van der Waals surface area contributed by atoms with Gasteiger partial charge in [0.05, 0.1) is 11.4 Å². The number of aryl methyl sites for hydroxylation is 2. The lowest BCUT2D eigenvalue weighted by Crippen LogP contribution is -2.16. The molecule has 0 fully saturated rings. The smallest absolute Gasteiger partial charge is 0.278 e. The zero-order chi connectivity index (χ0) is 18.8. The fraction of sp³-hybridized carbons (Fsp3) is 0.250. The second-order valence-electron chi connectivity index (χ2n) is 6.55. The van der Waals surface area contributed by atoms with Crippen molar-refractivity contribution < 1.29 is 4.79 Å². The molecule has 134 valence electrons. The molecule has 6 heteroatoms. The molecule has 1 heterocycles. The number of hydrogen-bond acceptors (Lipinski definition) is 3. The van der Waals surface area contributed by atoms with E-state index < -0.39 is 0 Å². The van der Waals surface area contributed by atoms with Crippen LogP contribution in [0.1, 0.15) is 47.1 Å². The van der Waals surface area contributed by atoms with E-state index in [1.165, 1.54) is 4.80 Å². The van der Waals surface area contributed by atoms with E-state index in [9.17, 15) is 4.79 Å². The number of hydrogen-bond donors (Lipinski definition) is 1. The van der Waals surface area contributed by atoms with Crippen LogP contribution in [-0.4, -0.2) is 20.9 Å². The third-order valence-corrected chi connectivity index (χ3v) is 4.44. The van der Waals surface area contributed by atoms with Crippen molar-refractivity contribution in [2.45, 2.75) is 33.6 Å². The summed E-state index contributed by atoms with van der Waals surface area (Å²) in [6.45, 7) is 7.96. The summed E-state index contributed by atoms with van der Waals surface area (Å²) in [7, 11) is 0. The molecule has 1 amide bonds. The van der Waals surface area contributed by atoms with Crippen LogP contribution in [0.5, 0.6) is 0 Å². The minimum Gasteiger partial charge on any atom is -0.320 e. The molecule has 1 N–H and O–H groups in total. The summed E-state index contributed by atoms with van der Waals surface area (Å²) in [5.41, 5.74) is 4.51. The zero-order valence-corrected chi connectivity index (χ0v) is 16.0. The first kappa shape index (κ1) is 18.1.